The second kappa shape index (κ2) is 8.75. The number of methoxy groups -OCH3 is 2. The molecule has 1 aliphatic carbocycles. The van der Waals surface area contributed by atoms with Gasteiger partial charge in [-0.3, -0.25) is 4.52 Å². The van der Waals surface area contributed by atoms with Gasteiger partial charge in [-0.25, -0.2) is 4.57 Å². The van der Waals surface area contributed by atoms with Gasteiger partial charge in [-0.2, -0.15) is 0 Å². The third-order valence-corrected chi connectivity index (χ3v) is 7.84. The molecule has 0 saturated carbocycles. The summed E-state index contributed by atoms with van der Waals surface area (Å²) in [6.45, 7) is 0.154. The molecule has 1 spiro atoms. The largest absolute Gasteiger partial charge is 0.497 e. The van der Waals surface area contributed by atoms with Gasteiger partial charge in [0.05, 0.1) is 26.2 Å². The highest BCUT2D eigenvalue weighted by atomic mass is 31.2. The number of rotatable bonds is 6. The zero-order valence-corrected chi connectivity index (χ0v) is 21.3. The van der Waals surface area contributed by atoms with E-state index in [1.54, 1.807) is 14.2 Å². The van der Waals surface area contributed by atoms with Crippen LogP contribution in [0.15, 0.2) is 84.9 Å². The molecule has 6 rings (SSSR count). The van der Waals surface area contributed by atoms with E-state index in [1.165, 1.54) is 0 Å². The summed E-state index contributed by atoms with van der Waals surface area (Å²) >= 11 is 0. The molecule has 2 aliphatic rings. The first-order chi connectivity index (χ1) is 17.9. The highest BCUT2D eigenvalue weighted by molar-refractivity contribution is 7.46. The number of phosphoric ester groups is 1. The Bertz CT molecular complexity index is 1460. The molecule has 0 atom stereocenters. The van der Waals surface area contributed by atoms with Crippen LogP contribution in [0, 0.1) is 0 Å². The van der Waals surface area contributed by atoms with Gasteiger partial charge >= 0.3 is 7.82 Å². The molecule has 2 N–H and O–H groups in total. The predicted octanol–water partition coefficient (Wildman–Crippen LogP) is 5.63. The molecular formula is C29H26NO6P. The molecule has 0 fully saturated rings. The molecule has 4 aromatic rings. The molecule has 8 heteroatoms. The lowest BCUT2D eigenvalue weighted by molar-refractivity contribution is 0.202. The molecule has 1 heterocycles. The lowest BCUT2D eigenvalue weighted by Crippen LogP contribution is -2.38. The van der Waals surface area contributed by atoms with E-state index in [0.717, 1.165) is 56.3 Å². The average molecular weight is 516 g/mol. The number of benzene rings is 4. The summed E-state index contributed by atoms with van der Waals surface area (Å²) < 4.78 is 27.4. The third kappa shape index (κ3) is 3.58. The van der Waals surface area contributed by atoms with E-state index in [1.807, 2.05) is 36.4 Å². The highest BCUT2D eigenvalue weighted by Gasteiger charge is 2.51. The van der Waals surface area contributed by atoms with E-state index in [-0.39, 0.29) is 13.2 Å². The van der Waals surface area contributed by atoms with Crippen molar-refractivity contribution in [1.82, 2.24) is 0 Å². The van der Waals surface area contributed by atoms with Gasteiger partial charge in [0, 0.05) is 17.9 Å². The van der Waals surface area contributed by atoms with E-state index in [9.17, 15) is 14.4 Å². The van der Waals surface area contributed by atoms with Crippen LogP contribution in [-0.4, -0.2) is 37.2 Å². The zero-order chi connectivity index (χ0) is 25.8. The molecular weight excluding hydrogens is 489 g/mol. The summed E-state index contributed by atoms with van der Waals surface area (Å²) in [4.78, 5) is 20.6. The summed E-state index contributed by atoms with van der Waals surface area (Å²) in [5.74, 6) is 1.55. The molecule has 0 amide bonds. The summed E-state index contributed by atoms with van der Waals surface area (Å²) in [5, 5.41) is 0. The maximum atomic E-state index is 11.4. The third-order valence-electron chi connectivity index (χ3n) is 7.32. The fraction of sp³-hybridized carbons (Fsp3) is 0.172. The van der Waals surface area contributed by atoms with E-state index in [4.69, 9.17) is 14.0 Å². The maximum absolute atomic E-state index is 11.4. The minimum Gasteiger partial charge on any atom is -0.497 e. The number of ether oxygens (including phenoxy) is 2. The van der Waals surface area contributed by atoms with Crippen molar-refractivity contribution in [3.05, 3.63) is 107 Å². The van der Waals surface area contributed by atoms with Crippen molar-refractivity contribution in [2.24, 2.45) is 0 Å². The molecule has 0 saturated heterocycles. The van der Waals surface area contributed by atoms with Crippen LogP contribution in [0.1, 0.15) is 22.3 Å². The van der Waals surface area contributed by atoms with Crippen LogP contribution in [-0.2, 0) is 14.5 Å². The summed E-state index contributed by atoms with van der Waals surface area (Å²) in [5.41, 5.74) is 7.93. The molecule has 37 heavy (non-hydrogen) atoms. The van der Waals surface area contributed by atoms with Crippen LogP contribution >= 0.6 is 7.82 Å². The van der Waals surface area contributed by atoms with Crippen molar-refractivity contribution < 1.29 is 28.3 Å². The normalized spacial score (nSPS) is 14.5. The smallest absolute Gasteiger partial charge is 0.469 e. The van der Waals surface area contributed by atoms with Crippen molar-refractivity contribution >= 4 is 19.2 Å². The lowest BCUT2D eigenvalue weighted by atomic mass is 9.64. The monoisotopic (exact) mass is 515 g/mol. The van der Waals surface area contributed by atoms with Gasteiger partial charge in [0.1, 0.15) is 11.5 Å². The summed E-state index contributed by atoms with van der Waals surface area (Å²) in [7, 11) is -1.25. The molecule has 188 valence electrons. The van der Waals surface area contributed by atoms with Crippen LogP contribution in [0.5, 0.6) is 11.5 Å². The van der Waals surface area contributed by atoms with Crippen molar-refractivity contribution in [2.75, 3.05) is 32.3 Å². The van der Waals surface area contributed by atoms with Crippen LogP contribution in [0.2, 0.25) is 0 Å². The second-order valence-corrected chi connectivity index (χ2v) is 10.3. The Morgan fingerprint density at radius 2 is 1.22 bits per heavy atom. The Morgan fingerprint density at radius 1 is 0.730 bits per heavy atom. The van der Waals surface area contributed by atoms with Crippen molar-refractivity contribution in [3.63, 3.8) is 0 Å². The zero-order valence-electron chi connectivity index (χ0n) is 20.4. The van der Waals surface area contributed by atoms with Gasteiger partial charge in [-0.15, -0.1) is 0 Å². The van der Waals surface area contributed by atoms with Crippen molar-refractivity contribution in [3.8, 4) is 22.6 Å². The van der Waals surface area contributed by atoms with Crippen LogP contribution in [0.25, 0.3) is 11.1 Å². The SMILES string of the molecule is COc1ccc2c(c1)-c1cc(OC)ccc1C21c2ccccc2N(CCOP(=O)(O)O)c2ccccc21. The first-order valence-electron chi connectivity index (χ1n) is 11.9. The summed E-state index contributed by atoms with van der Waals surface area (Å²) in [6.07, 6.45) is 0. The number of fused-ring (bicyclic) bond motifs is 9. The van der Waals surface area contributed by atoms with E-state index in [0.29, 0.717) is 0 Å². The van der Waals surface area contributed by atoms with Gasteiger partial charge in [-0.1, -0.05) is 48.5 Å². The quantitative estimate of drug-likeness (QED) is 0.284. The van der Waals surface area contributed by atoms with E-state index >= 15 is 0 Å². The number of anilines is 2. The predicted molar refractivity (Wildman–Crippen MR) is 142 cm³/mol. The Balaban J connectivity index is 1.65. The Kier molecular flexibility index (Phi) is 5.62. The maximum Gasteiger partial charge on any atom is 0.469 e. The standard InChI is InChI=1S/C29H26NO6P/c1-34-19-11-13-23-21(17-19)22-18-20(35-2)12-14-24(22)29(23)25-7-3-5-9-27(25)30(15-16-36-37(31,32)33)28-10-6-4-8-26(28)29/h3-14,17-18H,15-16H2,1-2H3,(H2,31,32,33). The fourth-order valence-electron chi connectivity index (χ4n) is 5.94. The number of nitrogens with zero attached hydrogens (tertiary/aromatic N) is 1. The van der Waals surface area contributed by atoms with Gasteiger partial charge < -0.3 is 24.2 Å². The van der Waals surface area contributed by atoms with E-state index < -0.39 is 13.2 Å². The Labute approximate surface area is 215 Å². The van der Waals surface area contributed by atoms with Crippen molar-refractivity contribution in [2.45, 2.75) is 5.41 Å². The van der Waals surface area contributed by atoms with Gasteiger partial charge in [0.25, 0.3) is 0 Å². The minimum absolute atomic E-state index is 0.123. The highest BCUT2D eigenvalue weighted by Crippen LogP contribution is 2.62. The number of phosphoric acid groups is 1. The molecule has 7 nitrogen and oxygen atoms in total. The van der Waals surface area contributed by atoms with E-state index in [2.05, 4.69) is 53.4 Å². The molecule has 0 aromatic heterocycles. The number of para-hydroxylation sites is 2. The Morgan fingerprint density at radius 3 is 1.68 bits per heavy atom. The average Bonchev–Trinajstić information content (AvgIpc) is 3.19. The Hall–Kier alpha value is -3.61. The lowest BCUT2D eigenvalue weighted by Gasteiger charge is -2.45. The topological polar surface area (TPSA) is 88.5 Å². The van der Waals surface area contributed by atoms with Crippen LogP contribution in [0.4, 0.5) is 11.4 Å². The molecule has 0 radical (unpaired) electrons. The summed E-state index contributed by atoms with van der Waals surface area (Å²) in [6, 6.07) is 28.8. The van der Waals surface area contributed by atoms with Crippen LogP contribution < -0.4 is 14.4 Å². The van der Waals surface area contributed by atoms with Gasteiger partial charge in [0.2, 0.25) is 0 Å². The first kappa shape index (κ1) is 23.8. The second-order valence-electron chi connectivity index (χ2n) is 9.08. The fourth-order valence-corrected chi connectivity index (χ4v) is 6.26. The van der Waals surface area contributed by atoms with Gasteiger partial charge in [-0.05, 0) is 69.8 Å². The molecule has 0 bridgehead atoms. The van der Waals surface area contributed by atoms with Crippen molar-refractivity contribution in [1.29, 1.82) is 0 Å². The van der Waals surface area contributed by atoms with Gasteiger partial charge in [0.15, 0.2) is 0 Å². The molecule has 0 unspecified atom stereocenters. The molecule has 1 aliphatic heterocycles. The van der Waals surface area contributed by atoms with Crippen LogP contribution in [0.3, 0.4) is 0 Å². The first-order valence-corrected chi connectivity index (χ1v) is 13.5. The number of hydrogen-bond acceptors (Lipinski definition) is 5. The minimum atomic E-state index is -4.58. The number of hydrogen-bond donors (Lipinski definition) is 2. The molecule has 4 aromatic carbocycles.